The molecule has 126 valence electrons. The minimum atomic E-state index is 0.0251. The second-order valence-electron chi connectivity index (χ2n) is 5.72. The monoisotopic (exact) mass is 381 g/mol. The van der Waals surface area contributed by atoms with Gasteiger partial charge in [-0.05, 0) is 50.0 Å². The first kappa shape index (κ1) is 18.0. The lowest BCUT2D eigenvalue weighted by molar-refractivity contribution is -0.124. The van der Waals surface area contributed by atoms with Crippen LogP contribution in [0.25, 0.3) is 6.08 Å². The van der Waals surface area contributed by atoms with Gasteiger partial charge < -0.3 is 14.4 Å². The van der Waals surface area contributed by atoms with E-state index in [1.807, 2.05) is 38.2 Å². The molecule has 0 spiro atoms. The summed E-state index contributed by atoms with van der Waals surface area (Å²) in [6.07, 6.45) is 5.90. The molecule has 0 radical (unpaired) electrons. The van der Waals surface area contributed by atoms with Gasteiger partial charge in [0.15, 0.2) is 0 Å². The number of halogens is 1. The molecule has 23 heavy (non-hydrogen) atoms. The molecule has 1 saturated carbocycles. The number of rotatable bonds is 9. The summed E-state index contributed by atoms with van der Waals surface area (Å²) < 4.78 is 12.0. The lowest BCUT2D eigenvalue weighted by atomic mass is 10.2. The van der Waals surface area contributed by atoms with Crippen molar-refractivity contribution >= 4 is 27.9 Å². The van der Waals surface area contributed by atoms with E-state index in [1.54, 1.807) is 11.0 Å². The number of benzene rings is 1. The van der Waals surface area contributed by atoms with Crippen molar-refractivity contribution in [2.24, 2.45) is 5.92 Å². The first-order valence-electron chi connectivity index (χ1n) is 8.03. The van der Waals surface area contributed by atoms with Gasteiger partial charge in [0.25, 0.3) is 0 Å². The van der Waals surface area contributed by atoms with Crippen LogP contribution in [0.2, 0.25) is 0 Å². The van der Waals surface area contributed by atoms with Crippen LogP contribution in [0.15, 0.2) is 28.7 Å². The van der Waals surface area contributed by atoms with Gasteiger partial charge in [-0.25, -0.2) is 0 Å². The molecule has 0 saturated heterocycles. The Balaban J connectivity index is 1.97. The first-order valence-corrected chi connectivity index (χ1v) is 8.82. The summed E-state index contributed by atoms with van der Waals surface area (Å²) in [5.41, 5.74) is 0.879. The first-order chi connectivity index (χ1) is 11.1. The van der Waals surface area contributed by atoms with Crippen LogP contribution in [0, 0.1) is 5.92 Å². The number of amides is 1. The fourth-order valence-corrected chi connectivity index (χ4v) is 2.58. The molecule has 1 aromatic rings. The fourth-order valence-electron chi connectivity index (χ4n) is 2.20. The Morgan fingerprint density at radius 3 is 2.87 bits per heavy atom. The van der Waals surface area contributed by atoms with E-state index in [2.05, 4.69) is 15.9 Å². The van der Waals surface area contributed by atoms with Gasteiger partial charge in [0.1, 0.15) is 12.4 Å². The summed E-state index contributed by atoms with van der Waals surface area (Å²) in [6, 6.07) is 5.77. The summed E-state index contributed by atoms with van der Waals surface area (Å²) in [5.74, 6) is 1.47. The molecule has 0 aliphatic heterocycles. The van der Waals surface area contributed by atoms with Gasteiger partial charge in [0.2, 0.25) is 5.91 Å². The third kappa shape index (κ3) is 6.36. The summed E-state index contributed by atoms with van der Waals surface area (Å²) in [5, 5.41) is 0. The molecular weight excluding hydrogens is 358 g/mol. The highest BCUT2D eigenvalue weighted by molar-refractivity contribution is 9.10. The van der Waals surface area contributed by atoms with E-state index in [0.717, 1.165) is 22.3 Å². The van der Waals surface area contributed by atoms with E-state index in [9.17, 15) is 4.79 Å². The quantitative estimate of drug-likeness (QED) is 0.482. The standard InChI is InChI=1S/C18H24BrNO3/c1-3-22-10-11-23-17-8-7-16(19)12-15(17)6-9-18(21)20(2)13-14-4-5-14/h6-9,12,14H,3-5,10-11,13H2,1-2H3/b9-6+. The number of ether oxygens (including phenoxy) is 2. The highest BCUT2D eigenvalue weighted by Gasteiger charge is 2.24. The number of hydrogen-bond acceptors (Lipinski definition) is 3. The zero-order chi connectivity index (χ0) is 16.7. The van der Waals surface area contributed by atoms with Gasteiger partial charge >= 0.3 is 0 Å². The van der Waals surface area contributed by atoms with E-state index in [0.29, 0.717) is 25.7 Å². The molecule has 1 fully saturated rings. The fraction of sp³-hybridized carbons (Fsp3) is 0.500. The second-order valence-corrected chi connectivity index (χ2v) is 6.64. The lowest BCUT2D eigenvalue weighted by Crippen LogP contribution is -2.26. The Hall–Kier alpha value is -1.33. The number of carbonyl (C=O) groups is 1. The number of hydrogen-bond donors (Lipinski definition) is 0. The second kappa shape index (κ2) is 9.08. The summed E-state index contributed by atoms with van der Waals surface area (Å²) in [4.78, 5) is 13.9. The normalized spacial score (nSPS) is 14.2. The van der Waals surface area contributed by atoms with Crippen LogP contribution in [0.3, 0.4) is 0 Å². The molecule has 0 atom stereocenters. The predicted octanol–water partition coefficient (Wildman–Crippen LogP) is 3.75. The SMILES string of the molecule is CCOCCOc1ccc(Br)cc1/C=C/C(=O)N(C)CC1CC1. The van der Waals surface area contributed by atoms with Crippen molar-refractivity contribution in [3.63, 3.8) is 0 Å². The smallest absolute Gasteiger partial charge is 0.246 e. The highest BCUT2D eigenvalue weighted by atomic mass is 79.9. The third-order valence-corrected chi connectivity index (χ3v) is 4.17. The molecular formula is C18H24BrNO3. The van der Waals surface area contributed by atoms with Gasteiger partial charge in [0.05, 0.1) is 6.61 Å². The largest absolute Gasteiger partial charge is 0.491 e. The number of nitrogens with zero attached hydrogens (tertiary/aromatic N) is 1. The van der Waals surface area contributed by atoms with Gasteiger partial charge in [-0.15, -0.1) is 0 Å². The van der Waals surface area contributed by atoms with Gasteiger partial charge in [-0.3, -0.25) is 4.79 Å². The minimum absolute atomic E-state index is 0.0251. The third-order valence-electron chi connectivity index (χ3n) is 3.67. The Labute approximate surface area is 146 Å². The van der Waals surface area contributed by atoms with Crippen LogP contribution in [0.4, 0.5) is 0 Å². The topological polar surface area (TPSA) is 38.8 Å². The lowest BCUT2D eigenvalue weighted by Gasteiger charge is -2.14. The van der Waals surface area contributed by atoms with Crippen molar-refractivity contribution in [2.75, 3.05) is 33.4 Å². The average Bonchev–Trinajstić information content (AvgIpc) is 3.34. The van der Waals surface area contributed by atoms with Gasteiger partial charge in [-0.2, -0.15) is 0 Å². The molecule has 0 aromatic heterocycles. The van der Waals surface area contributed by atoms with Crippen LogP contribution in [0.5, 0.6) is 5.75 Å². The van der Waals surface area contributed by atoms with E-state index in [4.69, 9.17) is 9.47 Å². The molecule has 1 aliphatic carbocycles. The van der Waals surface area contributed by atoms with Crippen molar-refractivity contribution in [3.05, 3.63) is 34.3 Å². The van der Waals surface area contributed by atoms with Crippen molar-refractivity contribution in [2.45, 2.75) is 19.8 Å². The van der Waals surface area contributed by atoms with Gasteiger partial charge in [0, 0.05) is 36.3 Å². The van der Waals surface area contributed by atoms with Crippen LogP contribution >= 0.6 is 15.9 Å². The molecule has 1 aromatic carbocycles. The predicted molar refractivity (Wildman–Crippen MR) is 95.5 cm³/mol. The summed E-state index contributed by atoms with van der Waals surface area (Å²) >= 11 is 3.46. The van der Waals surface area contributed by atoms with Gasteiger partial charge in [-0.1, -0.05) is 15.9 Å². The number of carbonyl (C=O) groups excluding carboxylic acids is 1. The van der Waals surface area contributed by atoms with Crippen molar-refractivity contribution < 1.29 is 14.3 Å². The van der Waals surface area contributed by atoms with E-state index in [-0.39, 0.29) is 5.91 Å². The average molecular weight is 382 g/mol. The number of likely N-dealkylation sites (N-methyl/N-ethyl adjacent to an activating group) is 1. The Morgan fingerprint density at radius 1 is 1.39 bits per heavy atom. The van der Waals surface area contributed by atoms with Crippen LogP contribution in [-0.2, 0) is 9.53 Å². The Kier molecular flexibility index (Phi) is 7.12. The Morgan fingerprint density at radius 2 is 2.17 bits per heavy atom. The maximum absolute atomic E-state index is 12.1. The van der Waals surface area contributed by atoms with Crippen molar-refractivity contribution in [1.29, 1.82) is 0 Å². The van der Waals surface area contributed by atoms with Crippen molar-refractivity contribution in [3.8, 4) is 5.75 Å². The Bertz CT molecular complexity index is 555. The molecule has 5 heteroatoms. The molecule has 1 aliphatic rings. The van der Waals surface area contributed by atoms with Crippen LogP contribution in [-0.4, -0.2) is 44.2 Å². The van der Waals surface area contributed by atoms with E-state index in [1.165, 1.54) is 12.8 Å². The van der Waals surface area contributed by atoms with Crippen LogP contribution < -0.4 is 4.74 Å². The molecule has 2 rings (SSSR count). The minimum Gasteiger partial charge on any atom is -0.491 e. The highest BCUT2D eigenvalue weighted by Crippen LogP contribution is 2.29. The molecule has 0 unspecified atom stereocenters. The molecule has 0 N–H and O–H groups in total. The molecule has 0 bridgehead atoms. The zero-order valence-corrected chi connectivity index (χ0v) is 15.3. The summed E-state index contributed by atoms with van der Waals surface area (Å²) in [6.45, 7) is 4.53. The zero-order valence-electron chi connectivity index (χ0n) is 13.8. The maximum atomic E-state index is 12.1. The molecule has 4 nitrogen and oxygen atoms in total. The summed E-state index contributed by atoms with van der Waals surface area (Å²) in [7, 11) is 1.85. The van der Waals surface area contributed by atoms with Crippen LogP contribution in [0.1, 0.15) is 25.3 Å². The molecule has 0 heterocycles. The van der Waals surface area contributed by atoms with E-state index >= 15 is 0 Å². The van der Waals surface area contributed by atoms with E-state index < -0.39 is 0 Å². The molecule has 1 amide bonds. The maximum Gasteiger partial charge on any atom is 0.246 e. The van der Waals surface area contributed by atoms with Crippen molar-refractivity contribution in [1.82, 2.24) is 4.90 Å².